The lowest BCUT2D eigenvalue weighted by Crippen LogP contribution is -2.01. The van der Waals surface area contributed by atoms with Crippen molar-refractivity contribution in [1.82, 2.24) is 0 Å². The highest BCUT2D eigenvalue weighted by atomic mass is 79.9. The highest BCUT2D eigenvalue weighted by Crippen LogP contribution is 2.35. The molecule has 0 unspecified atom stereocenters. The van der Waals surface area contributed by atoms with Crippen LogP contribution in [-0.4, -0.2) is 12.2 Å². The maximum Gasteiger partial charge on any atom is 0.193 e. The summed E-state index contributed by atoms with van der Waals surface area (Å²) in [4.78, 5) is 12.3. The number of rotatable bonds is 2. The molecule has 22 heavy (non-hydrogen) atoms. The van der Waals surface area contributed by atoms with Gasteiger partial charge in [0.2, 0.25) is 0 Å². The molecule has 1 N–H and O–H groups in total. The first-order valence-corrected chi connectivity index (χ1v) is 7.47. The molecular weight excluding hydrogens is 372 g/mol. The van der Waals surface area contributed by atoms with Gasteiger partial charge >= 0.3 is 0 Å². The summed E-state index contributed by atoms with van der Waals surface area (Å²) in [5, 5.41) is 10.1. The zero-order chi connectivity index (χ0) is 15.9. The Morgan fingerprint density at radius 2 is 2.00 bits per heavy atom. The maximum absolute atomic E-state index is 12.3. The molecule has 4 nitrogen and oxygen atoms in total. The van der Waals surface area contributed by atoms with Crippen molar-refractivity contribution in [3.8, 4) is 22.8 Å². The van der Waals surface area contributed by atoms with Gasteiger partial charge in [0.15, 0.2) is 11.0 Å². The highest BCUT2D eigenvalue weighted by Gasteiger charge is 2.13. The Hall–Kier alpha value is -1.98. The molecule has 3 aromatic rings. The molecule has 0 amide bonds. The number of fused-ring (bicyclic) bond motifs is 1. The lowest BCUT2D eigenvalue weighted by molar-refractivity contribution is 0.411. The first-order valence-electron chi connectivity index (χ1n) is 6.30. The molecule has 0 aliphatic carbocycles. The first-order chi connectivity index (χ1) is 10.5. The van der Waals surface area contributed by atoms with Crippen LogP contribution in [0.2, 0.25) is 5.02 Å². The van der Waals surface area contributed by atoms with Gasteiger partial charge in [0.25, 0.3) is 0 Å². The van der Waals surface area contributed by atoms with Crippen molar-refractivity contribution in [3.05, 3.63) is 56.1 Å². The third-order valence-corrected chi connectivity index (χ3v) is 4.31. The molecule has 6 heteroatoms. The second-order valence-corrected chi connectivity index (χ2v) is 5.80. The lowest BCUT2D eigenvalue weighted by atomic mass is 10.1. The lowest BCUT2D eigenvalue weighted by Gasteiger charge is -2.08. The van der Waals surface area contributed by atoms with Gasteiger partial charge in [0.05, 0.1) is 17.5 Å². The van der Waals surface area contributed by atoms with Crippen LogP contribution in [0.1, 0.15) is 0 Å². The van der Waals surface area contributed by atoms with E-state index < -0.39 is 0 Å². The first kappa shape index (κ1) is 14.9. The van der Waals surface area contributed by atoms with Crippen LogP contribution in [0.3, 0.4) is 0 Å². The van der Waals surface area contributed by atoms with Crippen LogP contribution in [0, 0.1) is 0 Å². The fraction of sp³-hybridized carbons (Fsp3) is 0.0625. The van der Waals surface area contributed by atoms with E-state index in [0.717, 1.165) is 0 Å². The van der Waals surface area contributed by atoms with E-state index in [9.17, 15) is 9.90 Å². The number of hydrogen-bond acceptors (Lipinski definition) is 4. The van der Waals surface area contributed by atoms with Crippen LogP contribution in [-0.2, 0) is 0 Å². The summed E-state index contributed by atoms with van der Waals surface area (Å²) in [7, 11) is 1.54. The molecule has 0 spiro atoms. The van der Waals surface area contributed by atoms with Crippen molar-refractivity contribution in [2.45, 2.75) is 0 Å². The van der Waals surface area contributed by atoms with Crippen LogP contribution in [0.4, 0.5) is 0 Å². The van der Waals surface area contributed by atoms with Crippen LogP contribution < -0.4 is 10.2 Å². The monoisotopic (exact) mass is 380 g/mol. The SMILES string of the molecule is COc1ccc2c(=O)cc(-c3ccc(O)c(Cl)c3)oc2c1Br. The van der Waals surface area contributed by atoms with Crippen LogP contribution in [0.5, 0.6) is 11.5 Å². The van der Waals surface area contributed by atoms with E-state index in [4.69, 9.17) is 20.8 Å². The Balaban J connectivity index is 2.29. The van der Waals surface area contributed by atoms with Crippen LogP contribution in [0.15, 0.2) is 50.1 Å². The number of methoxy groups -OCH3 is 1. The molecule has 1 heterocycles. The molecule has 0 aliphatic heterocycles. The minimum Gasteiger partial charge on any atom is -0.506 e. The minimum absolute atomic E-state index is 0.0311. The Morgan fingerprint density at radius 1 is 1.23 bits per heavy atom. The predicted molar refractivity (Wildman–Crippen MR) is 88.8 cm³/mol. The van der Waals surface area contributed by atoms with Gasteiger partial charge in [-0.3, -0.25) is 4.79 Å². The number of ether oxygens (including phenoxy) is 1. The normalized spacial score (nSPS) is 10.9. The number of aromatic hydroxyl groups is 1. The molecular formula is C16H10BrClO4. The summed E-state index contributed by atoms with van der Waals surface area (Å²) in [5.74, 6) is 0.890. The number of hydrogen-bond donors (Lipinski definition) is 1. The molecule has 0 aliphatic rings. The van der Waals surface area contributed by atoms with E-state index >= 15 is 0 Å². The van der Waals surface area contributed by atoms with Gasteiger partial charge in [-0.1, -0.05) is 11.6 Å². The van der Waals surface area contributed by atoms with Crippen molar-refractivity contribution < 1.29 is 14.3 Å². The maximum atomic E-state index is 12.3. The Bertz CT molecular complexity index is 933. The smallest absolute Gasteiger partial charge is 0.193 e. The zero-order valence-electron chi connectivity index (χ0n) is 11.4. The summed E-state index contributed by atoms with van der Waals surface area (Å²) < 4.78 is 11.6. The Morgan fingerprint density at radius 3 is 2.68 bits per heavy atom. The summed E-state index contributed by atoms with van der Waals surface area (Å²) in [6.45, 7) is 0. The fourth-order valence-electron chi connectivity index (χ4n) is 2.13. The molecule has 0 atom stereocenters. The third-order valence-electron chi connectivity index (χ3n) is 3.25. The van der Waals surface area contributed by atoms with Crippen molar-refractivity contribution in [2.75, 3.05) is 7.11 Å². The van der Waals surface area contributed by atoms with E-state index in [-0.39, 0.29) is 16.2 Å². The van der Waals surface area contributed by atoms with Crippen LogP contribution in [0.25, 0.3) is 22.3 Å². The summed E-state index contributed by atoms with van der Waals surface area (Å²) in [5.41, 5.74) is 0.811. The van der Waals surface area contributed by atoms with Crippen molar-refractivity contribution in [2.24, 2.45) is 0 Å². The molecule has 2 aromatic carbocycles. The molecule has 112 valence electrons. The van der Waals surface area contributed by atoms with E-state index in [1.54, 1.807) is 18.2 Å². The van der Waals surface area contributed by atoms with Gasteiger partial charge < -0.3 is 14.3 Å². The molecule has 3 rings (SSSR count). The molecule has 0 fully saturated rings. The van der Waals surface area contributed by atoms with E-state index in [2.05, 4.69) is 15.9 Å². The van der Waals surface area contributed by atoms with Crippen molar-refractivity contribution in [1.29, 1.82) is 0 Å². The van der Waals surface area contributed by atoms with Gasteiger partial charge in [-0.2, -0.15) is 0 Å². The van der Waals surface area contributed by atoms with Gasteiger partial charge in [-0.05, 0) is 46.3 Å². The van der Waals surface area contributed by atoms with Crippen molar-refractivity contribution >= 4 is 38.5 Å². The molecule has 0 saturated heterocycles. The quantitative estimate of drug-likeness (QED) is 0.705. The zero-order valence-corrected chi connectivity index (χ0v) is 13.7. The van der Waals surface area contributed by atoms with Gasteiger partial charge in [-0.25, -0.2) is 0 Å². The number of phenols is 1. The second kappa shape index (κ2) is 5.66. The highest BCUT2D eigenvalue weighted by molar-refractivity contribution is 9.10. The molecule has 1 aromatic heterocycles. The molecule has 0 bridgehead atoms. The van der Waals surface area contributed by atoms with E-state index in [1.807, 2.05) is 0 Å². The molecule has 0 radical (unpaired) electrons. The summed E-state index contributed by atoms with van der Waals surface area (Å²) >= 11 is 9.29. The minimum atomic E-state index is -0.177. The number of halogens is 2. The summed E-state index contributed by atoms with van der Waals surface area (Å²) in [6, 6.07) is 9.35. The largest absolute Gasteiger partial charge is 0.506 e. The standard InChI is InChI=1S/C16H10BrClO4/c1-21-13-5-3-9-12(20)7-14(22-16(9)15(13)17)8-2-4-11(19)10(18)6-8/h2-7,19H,1H3. The van der Waals surface area contributed by atoms with E-state index in [0.29, 0.717) is 32.5 Å². The fourth-order valence-corrected chi connectivity index (χ4v) is 2.90. The number of benzene rings is 2. The van der Waals surface area contributed by atoms with Gasteiger partial charge in [-0.15, -0.1) is 0 Å². The topological polar surface area (TPSA) is 59.7 Å². The average Bonchev–Trinajstić information content (AvgIpc) is 2.51. The second-order valence-electron chi connectivity index (χ2n) is 4.60. The van der Waals surface area contributed by atoms with Crippen molar-refractivity contribution in [3.63, 3.8) is 0 Å². The predicted octanol–water partition coefficient (Wildman–Crippen LogP) is 4.59. The van der Waals surface area contributed by atoms with E-state index in [1.165, 1.54) is 25.3 Å². The van der Waals surface area contributed by atoms with Crippen LogP contribution >= 0.6 is 27.5 Å². The number of phenolic OH excluding ortho intramolecular Hbond substituents is 1. The van der Waals surface area contributed by atoms with Gasteiger partial charge in [0.1, 0.15) is 21.7 Å². The van der Waals surface area contributed by atoms with Gasteiger partial charge in [0, 0.05) is 11.6 Å². The third kappa shape index (κ3) is 2.46. The average molecular weight is 382 g/mol. The summed E-state index contributed by atoms with van der Waals surface area (Å²) in [6.07, 6.45) is 0. The Kier molecular flexibility index (Phi) is 3.85. The molecule has 0 saturated carbocycles. The Labute approximate surface area is 139 Å².